The number of amides is 1. The number of esters is 1. The van der Waals surface area contributed by atoms with E-state index in [0.29, 0.717) is 25.9 Å². The summed E-state index contributed by atoms with van der Waals surface area (Å²) >= 11 is 0. The van der Waals surface area contributed by atoms with E-state index in [1.165, 1.54) is 218 Å². The zero-order valence-corrected chi connectivity index (χ0v) is 43.3. The Morgan fingerprint density at radius 1 is 0.422 bits per heavy atom. The lowest BCUT2D eigenvalue weighted by Crippen LogP contribution is -2.45. The minimum absolute atomic E-state index is 0.0329. The summed E-state index contributed by atoms with van der Waals surface area (Å²) < 4.78 is 5.44. The summed E-state index contributed by atoms with van der Waals surface area (Å²) in [5, 5.41) is 23.3. The van der Waals surface area contributed by atoms with Crippen molar-refractivity contribution < 1.29 is 24.5 Å². The fraction of sp³-hybridized carbons (Fsp3) is 0.931. The van der Waals surface area contributed by atoms with Gasteiger partial charge in [0.25, 0.3) is 0 Å². The molecule has 0 rings (SSSR count). The van der Waals surface area contributed by atoms with Gasteiger partial charge >= 0.3 is 5.97 Å². The van der Waals surface area contributed by atoms with Crippen molar-refractivity contribution in [2.75, 3.05) is 13.2 Å². The van der Waals surface area contributed by atoms with Crippen molar-refractivity contribution >= 4 is 11.9 Å². The lowest BCUT2D eigenvalue weighted by atomic mass is 10.0. The van der Waals surface area contributed by atoms with Crippen LogP contribution in [0.15, 0.2) is 12.2 Å². The van der Waals surface area contributed by atoms with Crippen molar-refractivity contribution in [1.29, 1.82) is 0 Å². The first-order chi connectivity index (χ1) is 31.5. The van der Waals surface area contributed by atoms with Crippen LogP contribution in [0.2, 0.25) is 0 Å². The summed E-state index contributed by atoms with van der Waals surface area (Å²) in [7, 11) is 0. The molecule has 0 aliphatic rings. The van der Waals surface area contributed by atoms with Crippen LogP contribution in [0.5, 0.6) is 0 Å². The Morgan fingerprint density at radius 2 is 0.750 bits per heavy atom. The number of hydrogen-bond acceptors (Lipinski definition) is 5. The fourth-order valence-corrected chi connectivity index (χ4v) is 9.12. The second kappa shape index (κ2) is 54.2. The summed E-state index contributed by atoms with van der Waals surface area (Å²) in [6, 6.07) is -0.579. The van der Waals surface area contributed by atoms with Gasteiger partial charge in [0.1, 0.15) is 0 Å². The molecule has 0 saturated carbocycles. The number of rotatable bonds is 54. The highest BCUT2D eigenvalue weighted by Crippen LogP contribution is 2.18. The van der Waals surface area contributed by atoms with Crippen LogP contribution >= 0.6 is 0 Å². The maximum Gasteiger partial charge on any atom is 0.305 e. The van der Waals surface area contributed by atoms with Crippen LogP contribution in [0.4, 0.5) is 0 Å². The standard InChI is InChI=1S/C58H113NO5/c1-3-5-7-9-11-13-15-17-18-19-20-21-22-23-24-25-26-27-28-30-31-34-38-42-46-50-56(61)55(54-60)59-57(62)51-47-43-39-35-33-37-41-45-49-53-64-58(63)52-48-44-40-36-32-29-16-14-12-10-8-6-4-2/h35,39,55-56,60-61H,3-34,36-38,40-54H2,1-2H3,(H,59,62)/b39-35-. The third-order valence-electron chi connectivity index (χ3n) is 13.6. The first kappa shape index (κ1) is 62.6. The van der Waals surface area contributed by atoms with Gasteiger partial charge < -0.3 is 20.3 Å². The third-order valence-corrected chi connectivity index (χ3v) is 13.6. The van der Waals surface area contributed by atoms with Gasteiger partial charge in [-0.05, 0) is 44.9 Å². The van der Waals surface area contributed by atoms with Crippen molar-refractivity contribution in [3.8, 4) is 0 Å². The van der Waals surface area contributed by atoms with Gasteiger partial charge in [-0.2, -0.15) is 0 Å². The van der Waals surface area contributed by atoms with Gasteiger partial charge in [-0.1, -0.05) is 276 Å². The maximum atomic E-state index is 12.5. The molecule has 0 heterocycles. The molecule has 6 heteroatoms. The van der Waals surface area contributed by atoms with Gasteiger partial charge in [-0.15, -0.1) is 0 Å². The van der Waals surface area contributed by atoms with Crippen LogP contribution in [-0.2, 0) is 14.3 Å². The summed E-state index contributed by atoms with van der Waals surface area (Å²) in [4.78, 5) is 24.5. The van der Waals surface area contributed by atoms with E-state index in [1.54, 1.807) is 0 Å². The van der Waals surface area contributed by atoms with Crippen molar-refractivity contribution in [3.05, 3.63) is 12.2 Å². The molecule has 6 nitrogen and oxygen atoms in total. The molecule has 0 saturated heterocycles. The van der Waals surface area contributed by atoms with E-state index in [4.69, 9.17) is 4.74 Å². The SMILES string of the molecule is CCCCCCCCCCCCCCCCCCCCCCCCCCCC(O)C(CO)NC(=O)CCC/C=C\CCCCCCOC(=O)CCCCCCCCCCCCCCC. The molecule has 0 radical (unpaired) electrons. The van der Waals surface area contributed by atoms with Crippen molar-refractivity contribution in [2.45, 2.75) is 334 Å². The van der Waals surface area contributed by atoms with Gasteiger partial charge in [0.05, 0.1) is 25.4 Å². The number of carbonyl (C=O) groups excluding carboxylic acids is 2. The molecule has 0 aliphatic carbocycles. The Labute approximate surface area is 399 Å². The number of hydrogen-bond donors (Lipinski definition) is 3. The molecule has 2 unspecified atom stereocenters. The monoisotopic (exact) mass is 904 g/mol. The second-order valence-electron chi connectivity index (χ2n) is 20.0. The Morgan fingerprint density at radius 3 is 1.14 bits per heavy atom. The Balaban J connectivity index is 3.49. The molecule has 0 spiro atoms. The average molecular weight is 905 g/mol. The molecular weight excluding hydrogens is 791 g/mol. The molecule has 0 fully saturated rings. The molecule has 2 atom stereocenters. The van der Waals surface area contributed by atoms with Crippen LogP contribution in [0.25, 0.3) is 0 Å². The highest BCUT2D eigenvalue weighted by Gasteiger charge is 2.20. The highest BCUT2D eigenvalue weighted by molar-refractivity contribution is 5.76. The summed E-state index contributed by atoms with van der Waals surface area (Å²) in [5.41, 5.74) is 0. The first-order valence-electron chi connectivity index (χ1n) is 28.9. The number of nitrogens with one attached hydrogen (secondary N) is 1. The van der Waals surface area contributed by atoms with Crippen LogP contribution in [0.3, 0.4) is 0 Å². The van der Waals surface area contributed by atoms with Gasteiger partial charge in [0, 0.05) is 12.8 Å². The van der Waals surface area contributed by atoms with Crippen molar-refractivity contribution in [2.24, 2.45) is 0 Å². The molecule has 0 aromatic heterocycles. The van der Waals surface area contributed by atoms with Crippen LogP contribution in [-0.4, -0.2) is 47.4 Å². The molecule has 0 bridgehead atoms. The smallest absolute Gasteiger partial charge is 0.305 e. The predicted octanol–water partition coefficient (Wildman–Crippen LogP) is 17.7. The molecule has 3 N–H and O–H groups in total. The van der Waals surface area contributed by atoms with Gasteiger partial charge in [0.15, 0.2) is 0 Å². The summed E-state index contributed by atoms with van der Waals surface area (Å²) in [6.07, 6.45) is 63.6. The molecule has 0 aromatic rings. The van der Waals surface area contributed by atoms with E-state index in [-0.39, 0.29) is 18.5 Å². The average Bonchev–Trinajstić information content (AvgIpc) is 3.29. The van der Waals surface area contributed by atoms with Gasteiger partial charge in [0.2, 0.25) is 5.91 Å². The fourth-order valence-electron chi connectivity index (χ4n) is 9.12. The number of ether oxygens (including phenoxy) is 1. The normalized spacial score (nSPS) is 12.6. The zero-order valence-electron chi connectivity index (χ0n) is 43.3. The molecule has 64 heavy (non-hydrogen) atoms. The van der Waals surface area contributed by atoms with Gasteiger partial charge in [-0.25, -0.2) is 0 Å². The second-order valence-corrected chi connectivity index (χ2v) is 20.0. The number of unbranched alkanes of at least 4 members (excludes halogenated alkanes) is 41. The summed E-state index contributed by atoms with van der Waals surface area (Å²) in [6.45, 7) is 4.89. The first-order valence-corrected chi connectivity index (χ1v) is 28.9. The number of allylic oxidation sites excluding steroid dienone is 2. The molecular formula is C58H113NO5. The number of aliphatic hydroxyl groups is 2. The Kier molecular flexibility index (Phi) is 53.0. The molecule has 0 aliphatic heterocycles. The summed E-state index contributed by atoms with van der Waals surface area (Å²) in [5.74, 6) is -0.124. The van der Waals surface area contributed by atoms with Crippen molar-refractivity contribution in [3.63, 3.8) is 0 Å². The third kappa shape index (κ3) is 50.0. The maximum absolute atomic E-state index is 12.5. The topological polar surface area (TPSA) is 95.9 Å². The van der Waals surface area contributed by atoms with E-state index in [0.717, 1.165) is 70.6 Å². The largest absolute Gasteiger partial charge is 0.466 e. The van der Waals surface area contributed by atoms with E-state index in [2.05, 4.69) is 31.3 Å². The van der Waals surface area contributed by atoms with E-state index in [1.807, 2.05) is 0 Å². The van der Waals surface area contributed by atoms with E-state index >= 15 is 0 Å². The molecule has 1 amide bonds. The quantitative estimate of drug-likeness (QED) is 0.0321. The van der Waals surface area contributed by atoms with Crippen LogP contribution < -0.4 is 5.32 Å². The van der Waals surface area contributed by atoms with Gasteiger partial charge in [-0.3, -0.25) is 9.59 Å². The lowest BCUT2D eigenvalue weighted by Gasteiger charge is -2.22. The van der Waals surface area contributed by atoms with E-state index in [9.17, 15) is 19.8 Å². The predicted molar refractivity (Wildman–Crippen MR) is 278 cm³/mol. The zero-order chi connectivity index (χ0) is 46.5. The molecule has 0 aromatic carbocycles. The minimum Gasteiger partial charge on any atom is -0.466 e. The minimum atomic E-state index is -0.695. The number of aliphatic hydroxyl groups excluding tert-OH is 2. The van der Waals surface area contributed by atoms with E-state index < -0.39 is 12.1 Å². The van der Waals surface area contributed by atoms with Crippen LogP contribution in [0.1, 0.15) is 322 Å². The molecule has 380 valence electrons. The number of carbonyl (C=O) groups is 2. The lowest BCUT2D eigenvalue weighted by molar-refractivity contribution is -0.143. The van der Waals surface area contributed by atoms with Crippen LogP contribution in [0, 0.1) is 0 Å². The van der Waals surface area contributed by atoms with Crippen molar-refractivity contribution in [1.82, 2.24) is 5.32 Å². The highest BCUT2D eigenvalue weighted by atomic mass is 16.5. The Hall–Kier alpha value is -1.40. The Bertz CT molecular complexity index is 955.